The zero-order chi connectivity index (χ0) is 17.1. The van der Waals surface area contributed by atoms with Crippen LogP contribution in [0.4, 0.5) is 0 Å². The van der Waals surface area contributed by atoms with Crippen LogP contribution in [0.3, 0.4) is 0 Å². The first kappa shape index (κ1) is 16.3. The van der Waals surface area contributed by atoms with Gasteiger partial charge in [0.25, 0.3) is 5.91 Å². The van der Waals surface area contributed by atoms with Crippen LogP contribution in [0.25, 0.3) is 0 Å². The monoisotopic (exact) mass is 345 g/mol. The minimum atomic E-state index is -0.0908. The number of amides is 1. The van der Waals surface area contributed by atoms with Crippen molar-refractivity contribution in [3.05, 3.63) is 35.8 Å². The molecule has 0 radical (unpaired) electrons. The Morgan fingerprint density at radius 1 is 1.24 bits per heavy atom. The summed E-state index contributed by atoms with van der Waals surface area (Å²) in [5.74, 6) is 2.11. The number of furan rings is 1. The molecule has 4 heterocycles. The second kappa shape index (κ2) is 7.37. The van der Waals surface area contributed by atoms with Crippen molar-refractivity contribution in [1.29, 1.82) is 0 Å². The molecule has 1 amide bonds. The highest BCUT2D eigenvalue weighted by Gasteiger charge is 2.25. The van der Waals surface area contributed by atoms with Crippen molar-refractivity contribution in [2.75, 3.05) is 32.8 Å². The lowest BCUT2D eigenvalue weighted by molar-refractivity contribution is 0.000646. The van der Waals surface area contributed by atoms with Crippen molar-refractivity contribution >= 4 is 5.91 Å². The number of carbonyl (C=O) groups is 1. The molecule has 0 aromatic carbocycles. The summed E-state index contributed by atoms with van der Waals surface area (Å²) < 4.78 is 11.8. The van der Waals surface area contributed by atoms with E-state index in [0.29, 0.717) is 18.9 Å². The lowest BCUT2D eigenvalue weighted by Crippen LogP contribution is -2.48. The van der Waals surface area contributed by atoms with Crippen LogP contribution >= 0.6 is 0 Å². The summed E-state index contributed by atoms with van der Waals surface area (Å²) in [6.45, 7) is 4.57. The van der Waals surface area contributed by atoms with Gasteiger partial charge >= 0.3 is 0 Å². The lowest BCUT2D eigenvalue weighted by atomic mass is 10.1. The molecule has 25 heavy (non-hydrogen) atoms. The van der Waals surface area contributed by atoms with Gasteiger partial charge in [-0.05, 0) is 31.4 Å². The molecule has 134 valence electrons. The van der Waals surface area contributed by atoms with E-state index in [0.717, 1.165) is 50.6 Å². The maximum Gasteiger partial charge on any atom is 0.291 e. The molecule has 2 fully saturated rings. The molecular formula is C17H23N5O3. The predicted molar refractivity (Wildman–Crippen MR) is 88.8 cm³/mol. The molecular weight excluding hydrogens is 322 g/mol. The fraction of sp³-hybridized carbons (Fsp3) is 0.588. The van der Waals surface area contributed by atoms with E-state index in [1.165, 1.54) is 12.7 Å². The molecule has 2 aliphatic rings. The van der Waals surface area contributed by atoms with E-state index in [1.807, 2.05) is 12.1 Å². The van der Waals surface area contributed by atoms with Gasteiger partial charge in [-0.3, -0.25) is 14.8 Å². The van der Waals surface area contributed by atoms with E-state index < -0.39 is 0 Å². The first-order valence-electron chi connectivity index (χ1n) is 8.87. The highest BCUT2D eigenvalue weighted by molar-refractivity contribution is 5.90. The van der Waals surface area contributed by atoms with Gasteiger partial charge in [0.2, 0.25) is 5.82 Å². The van der Waals surface area contributed by atoms with E-state index >= 15 is 0 Å². The van der Waals surface area contributed by atoms with E-state index in [1.54, 1.807) is 4.90 Å². The molecule has 8 nitrogen and oxygen atoms in total. The van der Waals surface area contributed by atoms with E-state index in [4.69, 9.17) is 9.15 Å². The topological polar surface area (TPSA) is 87.5 Å². The minimum absolute atomic E-state index is 0.0908. The van der Waals surface area contributed by atoms with Gasteiger partial charge in [0.05, 0.1) is 6.54 Å². The number of rotatable bonds is 4. The van der Waals surface area contributed by atoms with Gasteiger partial charge in [0, 0.05) is 32.8 Å². The highest BCUT2D eigenvalue weighted by Crippen LogP contribution is 2.29. The van der Waals surface area contributed by atoms with Gasteiger partial charge in [-0.25, -0.2) is 4.98 Å². The Hall–Kier alpha value is -2.19. The lowest BCUT2D eigenvalue weighted by Gasteiger charge is -2.33. The molecule has 0 unspecified atom stereocenters. The van der Waals surface area contributed by atoms with Crippen molar-refractivity contribution in [1.82, 2.24) is 25.0 Å². The maximum absolute atomic E-state index is 12.2. The number of H-pyrrole nitrogens is 1. The van der Waals surface area contributed by atoms with Crippen LogP contribution < -0.4 is 0 Å². The number of hydrogen-bond donors (Lipinski definition) is 1. The number of carbonyl (C=O) groups excluding carboxylic acids is 1. The van der Waals surface area contributed by atoms with E-state index in [9.17, 15) is 4.79 Å². The minimum Gasteiger partial charge on any atom is -0.462 e. The van der Waals surface area contributed by atoms with Gasteiger partial charge in [0.15, 0.2) is 0 Å². The van der Waals surface area contributed by atoms with Crippen molar-refractivity contribution in [3.63, 3.8) is 0 Å². The Kier molecular flexibility index (Phi) is 4.80. The quantitative estimate of drug-likeness (QED) is 0.905. The predicted octanol–water partition coefficient (Wildman–Crippen LogP) is 1.60. The van der Waals surface area contributed by atoms with Gasteiger partial charge < -0.3 is 14.1 Å². The fourth-order valence-corrected chi connectivity index (χ4v) is 3.41. The van der Waals surface area contributed by atoms with Crippen LogP contribution in [0.2, 0.25) is 0 Å². The Morgan fingerprint density at radius 2 is 2.12 bits per heavy atom. The van der Waals surface area contributed by atoms with Crippen molar-refractivity contribution in [3.8, 4) is 0 Å². The van der Waals surface area contributed by atoms with E-state index in [2.05, 4.69) is 20.1 Å². The SMILES string of the molecule is O=C(c1ncn[nH]1)N1CCN(Cc2ccc([C@@H]3CCCCO3)o2)CC1. The maximum atomic E-state index is 12.2. The molecule has 2 saturated heterocycles. The van der Waals surface area contributed by atoms with Crippen LogP contribution in [0.1, 0.15) is 47.5 Å². The molecule has 1 atom stereocenters. The summed E-state index contributed by atoms with van der Waals surface area (Å²) >= 11 is 0. The largest absolute Gasteiger partial charge is 0.462 e. The summed E-state index contributed by atoms with van der Waals surface area (Å²) in [7, 11) is 0. The molecule has 0 saturated carbocycles. The van der Waals surface area contributed by atoms with Crippen LogP contribution in [0, 0.1) is 0 Å². The summed E-state index contributed by atoms with van der Waals surface area (Å²) in [6, 6.07) is 4.08. The summed E-state index contributed by atoms with van der Waals surface area (Å²) in [6.07, 6.45) is 4.84. The highest BCUT2D eigenvalue weighted by atomic mass is 16.5. The molecule has 2 aliphatic heterocycles. The summed E-state index contributed by atoms with van der Waals surface area (Å²) in [5.41, 5.74) is 0. The molecule has 0 aliphatic carbocycles. The number of piperazine rings is 1. The fourth-order valence-electron chi connectivity index (χ4n) is 3.41. The second-order valence-corrected chi connectivity index (χ2v) is 6.56. The first-order valence-corrected chi connectivity index (χ1v) is 8.87. The van der Waals surface area contributed by atoms with Crippen molar-refractivity contribution < 1.29 is 13.9 Å². The average molecular weight is 345 g/mol. The van der Waals surface area contributed by atoms with Crippen molar-refractivity contribution in [2.24, 2.45) is 0 Å². The van der Waals surface area contributed by atoms with Gasteiger partial charge in [-0.1, -0.05) is 0 Å². The van der Waals surface area contributed by atoms with Crippen LogP contribution in [-0.2, 0) is 11.3 Å². The molecule has 4 rings (SSSR count). The number of nitrogens with zero attached hydrogens (tertiary/aromatic N) is 4. The van der Waals surface area contributed by atoms with Crippen molar-refractivity contribution in [2.45, 2.75) is 31.9 Å². The third-order valence-corrected chi connectivity index (χ3v) is 4.84. The Morgan fingerprint density at radius 3 is 2.84 bits per heavy atom. The first-order chi connectivity index (χ1) is 12.3. The smallest absolute Gasteiger partial charge is 0.291 e. The van der Waals surface area contributed by atoms with E-state index in [-0.39, 0.29) is 12.0 Å². The van der Waals surface area contributed by atoms with Crippen LogP contribution in [0.15, 0.2) is 22.9 Å². The Balaban J connectivity index is 1.28. The third kappa shape index (κ3) is 3.74. The number of aromatic amines is 1. The molecule has 1 N–H and O–H groups in total. The van der Waals surface area contributed by atoms with Gasteiger partial charge in [-0.2, -0.15) is 5.10 Å². The number of nitrogens with one attached hydrogen (secondary N) is 1. The summed E-state index contributed by atoms with van der Waals surface area (Å²) in [4.78, 5) is 20.3. The van der Waals surface area contributed by atoms with Gasteiger partial charge in [-0.15, -0.1) is 0 Å². The zero-order valence-corrected chi connectivity index (χ0v) is 14.2. The molecule has 2 aromatic rings. The Labute approximate surface area is 146 Å². The standard InChI is InChI=1S/C17H23N5O3/c23-17(16-18-12-19-20-16)22-8-6-21(7-9-22)11-13-4-5-15(25-13)14-3-1-2-10-24-14/h4-5,12,14H,1-3,6-11H2,(H,18,19,20)/t14-/m0/s1. The molecule has 2 aromatic heterocycles. The third-order valence-electron chi connectivity index (χ3n) is 4.84. The Bertz CT molecular complexity index is 685. The summed E-state index contributed by atoms with van der Waals surface area (Å²) in [5, 5.41) is 6.36. The van der Waals surface area contributed by atoms with Crippen LogP contribution in [0.5, 0.6) is 0 Å². The molecule has 0 spiro atoms. The molecule has 8 heteroatoms. The second-order valence-electron chi connectivity index (χ2n) is 6.56. The normalized spacial score (nSPS) is 22.2. The number of hydrogen-bond acceptors (Lipinski definition) is 6. The van der Waals surface area contributed by atoms with Gasteiger partial charge in [0.1, 0.15) is 24.0 Å². The zero-order valence-electron chi connectivity index (χ0n) is 14.2. The van der Waals surface area contributed by atoms with Crippen LogP contribution in [-0.4, -0.2) is 63.7 Å². The average Bonchev–Trinajstić information content (AvgIpc) is 3.35. The number of ether oxygens (including phenoxy) is 1. The number of aromatic nitrogens is 3. The molecule has 0 bridgehead atoms.